The number of hydrogen-bond donors (Lipinski definition) is 1. The van der Waals surface area contributed by atoms with Gasteiger partial charge in [0, 0.05) is 20.2 Å². The van der Waals surface area contributed by atoms with Crippen molar-refractivity contribution in [1.29, 1.82) is 0 Å². The van der Waals surface area contributed by atoms with Crippen molar-refractivity contribution in [3.8, 4) is 0 Å². The number of amides is 1. The van der Waals surface area contributed by atoms with Crippen LogP contribution in [0.15, 0.2) is 0 Å². The van der Waals surface area contributed by atoms with Crippen molar-refractivity contribution >= 4 is 5.91 Å². The minimum atomic E-state index is -0.477. The van der Waals surface area contributed by atoms with Crippen molar-refractivity contribution < 1.29 is 14.6 Å². The Labute approximate surface area is 78.5 Å². The predicted octanol–water partition coefficient (Wildman–Crippen LogP) is 0.00460. The van der Waals surface area contributed by atoms with E-state index in [9.17, 15) is 4.79 Å². The second kappa shape index (κ2) is 4.58. The van der Waals surface area contributed by atoms with Gasteiger partial charge in [-0.15, -0.1) is 0 Å². The van der Waals surface area contributed by atoms with Crippen LogP contribution in [-0.4, -0.2) is 48.3 Å². The van der Waals surface area contributed by atoms with Crippen LogP contribution in [0.1, 0.15) is 19.8 Å². The fourth-order valence-electron chi connectivity index (χ4n) is 1.50. The third kappa shape index (κ3) is 2.97. The molecule has 1 rings (SSSR count). The van der Waals surface area contributed by atoms with Gasteiger partial charge in [-0.25, -0.2) is 0 Å². The van der Waals surface area contributed by atoms with E-state index in [0.717, 1.165) is 12.8 Å². The van der Waals surface area contributed by atoms with Gasteiger partial charge < -0.3 is 14.7 Å². The van der Waals surface area contributed by atoms with Crippen LogP contribution in [0.5, 0.6) is 0 Å². The van der Waals surface area contributed by atoms with Gasteiger partial charge in [0.1, 0.15) is 6.10 Å². The molecule has 0 aromatic rings. The topological polar surface area (TPSA) is 49.8 Å². The number of rotatable bonds is 3. The third-order valence-corrected chi connectivity index (χ3v) is 2.12. The van der Waals surface area contributed by atoms with Crippen LogP contribution in [0.4, 0.5) is 0 Å². The van der Waals surface area contributed by atoms with E-state index < -0.39 is 6.10 Å². The molecule has 0 aromatic heterocycles. The van der Waals surface area contributed by atoms with Gasteiger partial charge in [0.2, 0.25) is 0 Å². The molecule has 4 nitrogen and oxygen atoms in total. The van der Waals surface area contributed by atoms with Gasteiger partial charge in [0.25, 0.3) is 5.91 Å². The zero-order valence-corrected chi connectivity index (χ0v) is 8.19. The minimum absolute atomic E-state index is 0.0154. The molecule has 0 bridgehead atoms. The molecule has 0 spiro atoms. The molecule has 1 N–H and O–H groups in total. The van der Waals surface area contributed by atoms with Crippen LogP contribution in [0.25, 0.3) is 0 Å². The maximum Gasteiger partial charge on any atom is 0.251 e. The molecule has 1 aliphatic rings. The third-order valence-electron chi connectivity index (χ3n) is 2.12. The standard InChI is InChI=1S/C9H17NO3/c1-7(11)6-10(2)9(12)8-4-3-5-13-8/h7-8,11H,3-6H2,1-2H3. The van der Waals surface area contributed by atoms with Crippen LogP contribution < -0.4 is 0 Å². The van der Waals surface area contributed by atoms with Crippen molar-refractivity contribution in [3.05, 3.63) is 0 Å². The van der Waals surface area contributed by atoms with Gasteiger partial charge in [-0.3, -0.25) is 4.79 Å². The lowest BCUT2D eigenvalue weighted by molar-refractivity contribution is -0.140. The Bertz CT molecular complexity index is 176. The highest BCUT2D eigenvalue weighted by Crippen LogP contribution is 2.14. The first-order valence-electron chi connectivity index (χ1n) is 4.66. The van der Waals surface area contributed by atoms with Gasteiger partial charge in [0.15, 0.2) is 0 Å². The highest BCUT2D eigenvalue weighted by atomic mass is 16.5. The molecule has 1 amide bonds. The largest absolute Gasteiger partial charge is 0.392 e. The van der Waals surface area contributed by atoms with E-state index >= 15 is 0 Å². The average molecular weight is 187 g/mol. The van der Waals surface area contributed by atoms with E-state index in [4.69, 9.17) is 9.84 Å². The lowest BCUT2D eigenvalue weighted by Crippen LogP contribution is -2.39. The van der Waals surface area contributed by atoms with Crippen LogP contribution >= 0.6 is 0 Å². The summed E-state index contributed by atoms with van der Waals surface area (Å²) in [5.74, 6) is -0.0154. The van der Waals surface area contributed by atoms with E-state index in [-0.39, 0.29) is 12.0 Å². The van der Waals surface area contributed by atoms with E-state index in [1.807, 2.05) is 0 Å². The highest BCUT2D eigenvalue weighted by molar-refractivity contribution is 5.80. The van der Waals surface area contributed by atoms with E-state index in [1.54, 1.807) is 14.0 Å². The molecule has 1 fully saturated rings. The van der Waals surface area contributed by atoms with Crippen molar-refractivity contribution in [2.24, 2.45) is 0 Å². The van der Waals surface area contributed by atoms with Crippen molar-refractivity contribution in [2.75, 3.05) is 20.2 Å². The molecule has 1 saturated heterocycles. The van der Waals surface area contributed by atoms with Crippen molar-refractivity contribution in [1.82, 2.24) is 4.90 Å². The molecule has 4 heteroatoms. The Morgan fingerprint density at radius 2 is 2.46 bits per heavy atom. The number of hydrogen-bond acceptors (Lipinski definition) is 3. The maximum absolute atomic E-state index is 11.6. The number of carbonyl (C=O) groups is 1. The zero-order chi connectivity index (χ0) is 9.84. The lowest BCUT2D eigenvalue weighted by atomic mass is 10.2. The lowest BCUT2D eigenvalue weighted by Gasteiger charge is -2.21. The summed E-state index contributed by atoms with van der Waals surface area (Å²) >= 11 is 0. The van der Waals surface area contributed by atoms with Crippen molar-refractivity contribution in [3.63, 3.8) is 0 Å². The zero-order valence-electron chi connectivity index (χ0n) is 8.19. The summed E-state index contributed by atoms with van der Waals surface area (Å²) in [7, 11) is 1.69. The number of ether oxygens (including phenoxy) is 1. The molecule has 0 aromatic carbocycles. The molecule has 1 heterocycles. The highest BCUT2D eigenvalue weighted by Gasteiger charge is 2.26. The molecule has 76 valence electrons. The summed E-state index contributed by atoms with van der Waals surface area (Å²) < 4.78 is 5.24. The SMILES string of the molecule is CC(O)CN(C)C(=O)C1CCCO1. The van der Waals surface area contributed by atoms with Gasteiger partial charge in [-0.2, -0.15) is 0 Å². The predicted molar refractivity (Wildman–Crippen MR) is 48.3 cm³/mol. The summed E-state index contributed by atoms with van der Waals surface area (Å²) in [6, 6.07) is 0. The Kier molecular flexibility index (Phi) is 3.69. The van der Waals surface area contributed by atoms with E-state index in [2.05, 4.69) is 0 Å². The molecule has 0 saturated carbocycles. The molecule has 1 aliphatic heterocycles. The van der Waals surface area contributed by atoms with Gasteiger partial charge in [-0.05, 0) is 19.8 Å². The monoisotopic (exact) mass is 187 g/mol. The first-order valence-corrected chi connectivity index (χ1v) is 4.66. The van der Waals surface area contributed by atoms with Crippen LogP contribution in [0.2, 0.25) is 0 Å². The molecular formula is C9H17NO3. The molecule has 0 radical (unpaired) electrons. The second-order valence-electron chi connectivity index (χ2n) is 3.57. The second-order valence-corrected chi connectivity index (χ2v) is 3.57. The summed E-state index contributed by atoms with van der Waals surface area (Å²) in [6.45, 7) is 2.72. The van der Waals surface area contributed by atoms with Crippen LogP contribution in [0, 0.1) is 0 Å². The molecule has 0 aliphatic carbocycles. The number of likely N-dealkylation sites (N-methyl/N-ethyl adjacent to an activating group) is 1. The van der Waals surface area contributed by atoms with Crippen LogP contribution in [-0.2, 0) is 9.53 Å². The number of nitrogens with zero attached hydrogens (tertiary/aromatic N) is 1. The Morgan fingerprint density at radius 1 is 1.77 bits per heavy atom. The average Bonchev–Trinajstić information content (AvgIpc) is 2.53. The quantitative estimate of drug-likeness (QED) is 0.677. The van der Waals surface area contributed by atoms with Gasteiger partial charge in [-0.1, -0.05) is 0 Å². The molecule has 13 heavy (non-hydrogen) atoms. The Morgan fingerprint density at radius 3 is 2.92 bits per heavy atom. The fourth-order valence-corrected chi connectivity index (χ4v) is 1.50. The Balaban J connectivity index is 2.36. The number of carbonyl (C=O) groups excluding carboxylic acids is 1. The molecular weight excluding hydrogens is 170 g/mol. The summed E-state index contributed by atoms with van der Waals surface area (Å²) in [6.07, 6.45) is 1.01. The van der Waals surface area contributed by atoms with Crippen molar-refractivity contribution in [2.45, 2.75) is 32.0 Å². The maximum atomic E-state index is 11.6. The first kappa shape index (κ1) is 10.5. The first-order chi connectivity index (χ1) is 6.11. The van der Waals surface area contributed by atoms with Crippen LogP contribution in [0.3, 0.4) is 0 Å². The molecule has 2 unspecified atom stereocenters. The number of aliphatic hydroxyl groups excluding tert-OH is 1. The summed E-state index contributed by atoms with van der Waals surface area (Å²) in [5, 5.41) is 9.08. The van der Waals surface area contributed by atoms with E-state index in [1.165, 1.54) is 4.90 Å². The molecule has 2 atom stereocenters. The minimum Gasteiger partial charge on any atom is -0.392 e. The fraction of sp³-hybridized carbons (Fsp3) is 0.889. The van der Waals surface area contributed by atoms with Gasteiger partial charge >= 0.3 is 0 Å². The summed E-state index contributed by atoms with van der Waals surface area (Å²) in [5.41, 5.74) is 0. The van der Waals surface area contributed by atoms with E-state index in [0.29, 0.717) is 13.2 Å². The Hall–Kier alpha value is -0.610. The number of aliphatic hydroxyl groups is 1. The normalized spacial score (nSPS) is 24.4. The summed E-state index contributed by atoms with van der Waals surface area (Å²) in [4.78, 5) is 13.1. The van der Waals surface area contributed by atoms with Gasteiger partial charge in [0.05, 0.1) is 6.10 Å². The smallest absolute Gasteiger partial charge is 0.251 e.